The molecule has 0 atom stereocenters. The minimum absolute atomic E-state index is 0.0241. The summed E-state index contributed by atoms with van der Waals surface area (Å²) in [7, 11) is 0. The first kappa shape index (κ1) is 18.7. The standard InChI is InChI=1S/C22H14ClNO5/c23-19-4-2-1-3-15(19)11-21-22(25)18-10-9-17(12-20(18)29-21)28-13-14-5-7-16(8-6-14)24(26)27/h1-12H,13H2. The minimum atomic E-state index is -0.451. The van der Waals surface area contributed by atoms with Gasteiger partial charge in [0.2, 0.25) is 5.78 Å². The van der Waals surface area contributed by atoms with Crippen LogP contribution in [0.15, 0.2) is 72.5 Å². The summed E-state index contributed by atoms with van der Waals surface area (Å²) >= 11 is 6.14. The van der Waals surface area contributed by atoms with E-state index in [1.165, 1.54) is 12.1 Å². The second-order valence-corrected chi connectivity index (χ2v) is 6.74. The first-order valence-corrected chi connectivity index (χ1v) is 9.08. The van der Waals surface area contributed by atoms with E-state index in [1.54, 1.807) is 48.5 Å². The van der Waals surface area contributed by atoms with Crippen molar-refractivity contribution in [2.75, 3.05) is 0 Å². The zero-order valence-corrected chi connectivity index (χ0v) is 15.8. The van der Waals surface area contributed by atoms with Crippen LogP contribution in [0.1, 0.15) is 21.5 Å². The van der Waals surface area contributed by atoms with Crippen LogP contribution >= 0.6 is 11.6 Å². The molecule has 0 aromatic heterocycles. The molecule has 0 aliphatic carbocycles. The predicted molar refractivity (Wildman–Crippen MR) is 108 cm³/mol. The van der Waals surface area contributed by atoms with Crippen LogP contribution in [0, 0.1) is 10.1 Å². The van der Waals surface area contributed by atoms with Gasteiger partial charge in [-0.05, 0) is 47.5 Å². The van der Waals surface area contributed by atoms with Crippen molar-refractivity contribution in [3.8, 4) is 11.5 Å². The highest BCUT2D eigenvalue weighted by Gasteiger charge is 2.28. The summed E-state index contributed by atoms with van der Waals surface area (Å²) in [6.07, 6.45) is 1.61. The third-order valence-corrected chi connectivity index (χ3v) is 4.73. The lowest BCUT2D eigenvalue weighted by atomic mass is 10.1. The van der Waals surface area contributed by atoms with Gasteiger partial charge in [0.25, 0.3) is 5.69 Å². The van der Waals surface area contributed by atoms with E-state index in [2.05, 4.69) is 0 Å². The number of ketones is 1. The van der Waals surface area contributed by atoms with E-state index in [0.29, 0.717) is 27.6 Å². The molecule has 1 heterocycles. The van der Waals surface area contributed by atoms with Crippen LogP contribution < -0.4 is 9.47 Å². The van der Waals surface area contributed by atoms with Gasteiger partial charge in [0.15, 0.2) is 5.76 Å². The van der Waals surface area contributed by atoms with Gasteiger partial charge in [-0.3, -0.25) is 14.9 Å². The number of hydrogen-bond acceptors (Lipinski definition) is 5. The number of nitrogens with zero attached hydrogens (tertiary/aromatic N) is 1. The average Bonchev–Trinajstić information content (AvgIpc) is 3.03. The zero-order chi connectivity index (χ0) is 20.4. The van der Waals surface area contributed by atoms with Gasteiger partial charge in [0, 0.05) is 23.2 Å². The van der Waals surface area contributed by atoms with Gasteiger partial charge in [0.1, 0.15) is 18.1 Å². The molecule has 0 amide bonds. The van der Waals surface area contributed by atoms with Gasteiger partial charge < -0.3 is 9.47 Å². The highest BCUT2D eigenvalue weighted by Crippen LogP contribution is 2.35. The summed E-state index contributed by atoms with van der Waals surface area (Å²) in [5, 5.41) is 11.2. The average molecular weight is 408 g/mol. The van der Waals surface area contributed by atoms with Crippen molar-refractivity contribution in [2.24, 2.45) is 0 Å². The monoisotopic (exact) mass is 407 g/mol. The molecule has 0 saturated carbocycles. The molecule has 0 saturated heterocycles. The van der Waals surface area contributed by atoms with Gasteiger partial charge in [-0.2, -0.15) is 0 Å². The second-order valence-electron chi connectivity index (χ2n) is 6.33. The Morgan fingerprint density at radius 2 is 1.83 bits per heavy atom. The number of fused-ring (bicyclic) bond motifs is 1. The summed E-state index contributed by atoms with van der Waals surface area (Å²) < 4.78 is 11.4. The number of nitro benzene ring substituents is 1. The van der Waals surface area contributed by atoms with E-state index in [4.69, 9.17) is 21.1 Å². The van der Waals surface area contributed by atoms with Crippen molar-refractivity contribution < 1.29 is 19.2 Å². The van der Waals surface area contributed by atoms with Crippen LogP contribution in [-0.2, 0) is 6.61 Å². The maximum Gasteiger partial charge on any atom is 0.269 e. The molecule has 29 heavy (non-hydrogen) atoms. The highest BCUT2D eigenvalue weighted by atomic mass is 35.5. The van der Waals surface area contributed by atoms with Crippen LogP contribution in [0.2, 0.25) is 5.02 Å². The Morgan fingerprint density at radius 1 is 1.07 bits per heavy atom. The van der Waals surface area contributed by atoms with Crippen molar-refractivity contribution in [3.63, 3.8) is 0 Å². The molecule has 144 valence electrons. The molecule has 0 N–H and O–H groups in total. The fourth-order valence-electron chi connectivity index (χ4n) is 2.87. The lowest BCUT2D eigenvalue weighted by Crippen LogP contribution is -1.98. The molecule has 0 radical (unpaired) electrons. The van der Waals surface area contributed by atoms with E-state index < -0.39 is 4.92 Å². The van der Waals surface area contributed by atoms with E-state index in [1.807, 2.05) is 12.1 Å². The zero-order valence-electron chi connectivity index (χ0n) is 15.0. The molecular formula is C22H14ClNO5. The van der Waals surface area contributed by atoms with E-state index in [9.17, 15) is 14.9 Å². The van der Waals surface area contributed by atoms with Crippen LogP contribution in [0.25, 0.3) is 6.08 Å². The number of halogens is 1. The number of Topliss-reactive ketones (excluding diaryl/α,β-unsaturated/α-hetero) is 1. The molecule has 1 aliphatic rings. The summed E-state index contributed by atoms with van der Waals surface area (Å²) in [4.78, 5) is 22.8. The van der Waals surface area contributed by atoms with Gasteiger partial charge in [-0.1, -0.05) is 29.8 Å². The number of ether oxygens (including phenoxy) is 2. The van der Waals surface area contributed by atoms with Crippen molar-refractivity contribution >= 4 is 29.1 Å². The number of carbonyl (C=O) groups is 1. The molecule has 1 aliphatic heterocycles. The quantitative estimate of drug-likeness (QED) is 0.319. The molecule has 0 bridgehead atoms. The summed E-state index contributed by atoms with van der Waals surface area (Å²) in [6.45, 7) is 0.229. The van der Waals surface area contributed by atoms with Crippen LogP contribution in [0.3, 0.4) is 0 Å². The second kappa shape index (κ2) is 7.77. The van der Waals surface area contributed by atoms with E-state index >= 15 is 0 Å². The Bertz CT molecular complexity index is 1140. The van der Waals surface area contributed by atoms with E-state index in [0.717, 1.165) is 5.56 Å². The first-order valence-electron chi connectivity index (χ1n) is 8.70. The van der Waals surface area contributed by atoms with Gasteiger partial charge in [0.05, 0.1) is 10.5 Å². The highest BCUT2D eigenvalue weighted by molar-refractivity contribution is 6.32. The Labute approximate surface area is 171 Å². The predicted octanol–water partition coefficient (Wildman–Crippen LogP) is 5.44. The molecule has 3 aromatic carbocycles. The Kier molecular flexibility index (Phi) is 5.01. The van der Waals surface area contributed by atoms with Crippen LogP contribution in [0.4, 0.5) is 5.69 Å². The van der Waals surface area contributed by atoms with Crippen molar-refractivity contribution in [2.45, 2.75) is 6.61 Å². The molecular weight excluding hydrogens is 394 g/mol. The summed E-state index contributed by atoms with van der Waals surface area (Å²) in [5.41, 5.74) is 1.95. The number of carbonyl (C=O) groups excluding carboxylic acids is 1. The van der Waals surface area contributed by atoms with E-state index in [-0.39, 0.29) is 23.8 Å². The maximum absolute atomic E-state index is 12.6. The fraction of sp³-hybridized carbons (Fsp3) is 0.0455. The van der Waals surface area contributed by atoms with Gasteiger partial charge in [-0.25, -0.2) is 0 Å². The molecule has 0 fully saturated rings. The molecule has 0 unspecified atom stereocenters. The van der Waals surface area contributed by atoms with Gasteiger partial charge in [-0.15, -0.1) is 0 Å². The molecule has 4 rings (SSSR count). The fourth-order valence-corrected chi connectivity index (χ4v) is 3.06. The Morgan fingerprint density at radius 3 is 2.55 bits per heavy atom. The van der Waals surface area contributed by atoms with Crippen molar-refractivity contribution in [3.05, 3.63) is 104 Å². The Balaban J connectivity index is 1.49. The molecule has 3 aromatic rings. The third-order valence-electron chi connectivity index (χ3n) is 4.39. The molecule has 6 nitrogen and oxygen atoms in total. The lowest BCUT2D eigenvalue weighted by molar-refractivity contribution is -0.384. The van der Waals surface area contributed by atoms with Crippen molar-refractivity contribution in [1.82, 2.24) is 0 Å². The maximum atomic E-state index is 12.6. The number of non-ortho nitro benzene ring substituents is 1. The number of benzene rings is 3. The topological polar surface area (TPSA) is 78.7 Å². The normalized spacial score (nSPS) is 13.8. The number of nitro groups is 1. The molecule has 0 spiro atoms. The SMILES string of the molecule is O=C1C(=Cc2ccccc2Cl)Oc2cc(OCc3ccc([N+](=O)[O-])cc3)ccc21. The smallest absolute Gasteiger partial charge is 0.269 e. The largest absolute Gasteiger partial charge is 0.489 e. The van der Waals surface area contributed by atoms with Crippen molar-refractivity contribution in [1.29, 1.82) is 0 Å². The summed E-state index contributed by atoms with van der Waals surface area (Å²) in [5.74, 6) is 0.908. The minimum Gasteiger partial charge on any atom is -0.489 e. The first-order chi connectivity index (χ1) is 14.0. The Hall–Kier alpha value is -3.64. The number of hydrogen-bond donors (Lipinski definition) is 0. The number of allylic oxidation sites excluding steroid dienone is 1. The van der Waals surface area contributed by atoms with Gasteiger partial charge >= 0.3 is 0 Å². The van der Waals surface area contributed by atoms with Crippen LogP contribution in [0.5, 0.6) is 11.5 Å². The lowest BCUT2D eigenvalue weighted by Gasteiger charge is -2.07. The molecule has 7 heteroatoms. The summed E-state index contributed by atoms with van der Waals surface area (Å²) in [6, 6.07) is 18.3. The van der Waals surface area contributed by atoms with Crippen LogP contribution in [-0.4, -0.2) is 10.7 Å². The third kappa shape index (κ3) is 3.97. The number of rotatable bonds is 5.